The SMILES string of the molecule is CC1=CC=NC2C(C)CC(N)=C(C)C12. The maximum Gasteiger partial charge on any atom is 0.0631 e. The van der Waals surface area contributed by atoms with E-state index in [1.54, 1.807) is 0 Å². The van der Waals surface area contributed by atoms with Gasteiger partial charge in [-0.1, -0.05) is 12.5 Å². The van der Waals surface area contributed by atoms with Gasteiger partial charge >= 0.3 is 0 Å². The van der Waals surface area contributed by atoms with E-state index in [-0.39, 0.29) is 0 Å². The average Bonchev–Trinajstić information content (AvgIpc) is 2.14. The molecule has 2 heteroatoms. The van der Waals surface area contributed by atoms with Gasteiger partial charge in [-0.3, -0.25) is 4.99 Å². The molecule has 2 nitrogen and oxygen atoms in total. The van der Waals surface area contributed by atoms with Gasteiger partial charge in [0.05, 0.1) is 6.04 Å². The van der Waals surface area contributed by atoms with Crippen LogP contribution in [0.25, 0.3) is 0 Å². The Morgan fingerprint density at radius 3 is 2.86 bits per heavy atom. The normalized spacial score (nSPS) is 36.8. The van der Waals surface area contributed by atoms with Crippen LogP contribution in [0.15, 0.2) is 27.9 Å². The summed E-state index contributed by atoms with van der Waals surface area (Å²) in [6, 6.07) is 0.423. The Morgan fingerprint density at radius 1 is 1.43 bits per heavy atom. The Labute approximate surface area is 85.6 Å². The van der Waals surface area contributed by atoms with Crippen LogP contribution in [0.1, 0.15) is 27.2 Å². The molecule has 1 aliphatic heterocycles. The molecule has 3 atom stereocenters. The first-order valence-corrected chi connectivity index (χ1v) is 5.26. The molecule has 2 aliphatic rings. The van der Waals surface area contributed by atoms with Crippen LogP contribution in [0.4, 0.5) is 0 Å². The zero-order valence-corrected chi connectivity index (χ0v) is 9.12. The van der Waals surface area contributed by atoms with Crippen molar-refractivity contribution in [2.75, 3.05) is 0 Å². The summed E-state index contributed by atoms with van der Waals surface area (Å²) < 4.78 is 0. The molecule has 1 heterocycles. The Hall–Kier alpha value is -1.05. The monoisotopic (exact) mass is 190 g/mol. The Bertz CT molecular complexity index is 336. The molecule has 76 valence electrons. The minimum absolute atomic E-state index is 0.423. The lowest BCUT2D eigenvalue weighted by Gasteiger charge is -2.37. The number of dihydropyridines is 1. The van der Waals surface area contributed by atoms with Gasteiger partial charge in [-0.25, -0.2) is 0 Å². The highest BCUT2D eigenvalue weighted by Gasteiger charge is 2.35. The van der Waals surface area contributed by atoms with Crippen molar-refractivity contribution in [1.29, 1.82) is 0 Å². The summed E-state index contributed by atoms with van der Waals surface area (Å²) in [6.07, 6.45) is 5.05. The highest BCUT2D eigenvalue weighted by molar-refractivity contribution is 5.74. The molecule has 3 unspecified atom stereocenters. The fraction of sp³-hybridized carbons (Fsp3) is 0.583. The van der Waals surface area contributed by atoms with Gasteiger partial charge in [0, 0.05) is 17.8 Å². The van der Waals surface area contributed by atoms with Crippen LogP contribution in [0, 0.1) is 11.8 Å². The third-order valence-electron chi connectivity index (χ3n) is 3.53. The number of allylic oxidation sites excluding steroid dienone is 2. The fourth-order valence-corrected chi connectivity index (χ4v) is 2.62. The Morgan fingerprint density at radius 2 is 2.14 bits per heavy atom. The lowest BCUT2D eigenvalue weighted by Crippen LogP contribution is -2.36. The van der Waals surface area contributed by atoms with Crippen molar-refractivity contribution in [3.8, 4) is 0 Å². The van der Waals surface area contributed by atoms with Gasteiger partial charge in [-0.2, -0.15) is 0 Å². The number of fused-ring (bicyclic) bond motifs is 1. The second-order valence-electron chi connectivity index (χ2n) is 4.57. The zero-order chi connectivity index (χ0) is 10.3. The molecule has 0 aromatic heterocycles. The van der Waals surface area contributed by atoms with Gasteiger partial charge < -0.3 is 5.73 Å². The molecule has 0 aromatic carbocycles. The van der Waals surface area contributed by atoms with Crippen LogP contribution in [0.2, 0.25) is 0 Å². The first kappa shape index (κ1) is 9.50. The summed E-state index contributed by atoms with van der Waals surface area (Å²) in [5, 5.41) is 0. The van der Waals surface area contributed by atoms with Crippen molar-refractivity contribution in [1.82, 2.24) is 0 Å². The molecule has 0 saturated heterocycles. The van der Waals surface area contributed by atoms with Crippen molar-refractivity contribution in [3.05, 3.63) is 22.9 Å². The van der Waals surface area contributed by atoms with Crippen LogP contribution in [-0.4, -0.2) is 12.3 Å². The van der Waals surface area contributed by atoms with Crippen molar-refractivity contribution >= 4 is 6.21 Å². The van der Waals surface area contributed by atoms with Gasteiger partial charge in [-0.15, -0.1) is 0 Å². The van der Waals surface area contributed by atoms with Gasteiger partial charge in [0.25, 0.3) is 0 Å². The fourth-order valence-electron chi connectivity index (χ4n) is 2.62. The number of hydrogen-bond acceptors (Lipinski definition) is 2. The van der Waals surface area contributed by atoms with E-state index in [9.17, 15) is 0 Å². The van der Waals surface area contributed by atoms with Crippen molar-refractivity contribution in [3.63, 3.8) is 0 Å². The van der Waals surface area contributed by atoms with Gasteiger partial charge in [-0.05, 0) is 37.8 Å². The van der Waals surface area contributed by atoms with E-state index in [1.165, 1.54) is 11.1 Å². The highest BCUT2D eigenvalue weighted by Crippen LogP contribution is 2.39. The topological polar surface area (TPSA) is 38.4 Å². The van der Waals surface area contributed by atoms with Gasteiger partial charge in [0.2, 0.25) is 0 Å². The molecular formula is C12H18N2. The van der Waals surface area contributed by atoms with E-state index >= 15 is 0 Å². The van der Waals surface area contributed by atoms with Crippen LogP contribution in [0.5, 0.6) is 0 Å². The maximum atomic E-state index is 6.04. The lowest BCUT2D eigenvalue weighted by atomic mass is 9.72. The molecule has 2 rings (SSSR count). The Kier molecular flexibility index (Phi) is 2.22. The summed E-state index contributed by atoms with van der Waals surface area (Å²) in [4.78, 5) is 4.58. The lowest BCUT2D eigenvalue weighted by molar-refractivity contribution is 0.358. The summed E-state index contributed by atoms with van der Waals surface area (Å²) >= 11 is 0. The zero-order valence-electron chi connectivity index (χ0n) is 9.12. The molecule has 2 N–H and O–H groups in total. The van der Waals surface area contributed by atoms with E-state index in [0.29, 0.717) is 17.9 Å². The molecule has 0 fully saturated rings. The average molecular weight is 190 g/mol. The standard InChI is InChI=1S/C12H18N2/c1-7-4-5-14-12-8(2)6-10(13)9(3)11(7)12/h4-5,8,11-12H,6,13H2,1-3H3. The first-order valence-electron chi connectivity index (χ1n) is 5.26. The second kappa shape index (κ2) is 3.26. The molecule has 1 aliphatic carbocycles. The minimum atomic E-state index is 0.423. The number of hydrogen-bond donors (Lipinski definition) is 1. The number of nitrogens with two attached hydrogens (primary N) is 1. The second-order valence-corrected chi connectivity index (χ2v) is 4.57. The molecule has 0 aromatic rings. The predicted octanol–water partition coefficient (Wildman–Crippen LogP) is 2.27. The van der Waals surface area contributed by atoms with E-state index in [4.69, 9.17) is 5.73 Å². The number of nitrogens with zero attached hydrogens (tertiary/aromatic N) is 1. The minimum Gasteiger partial charge on any atom is -0.402 e. The third kappa shape index (κ3) is 1.29. The van der Waals surface area contributed by atoms with E-state index < -0.39 is 0 Å². The highest BCUT2D eigenvalue weighted by atomic mass is 14.8. The third-order valence-corrected chi connectivity index (χ3v) is 3.53. The van der Waals surface area contributed by atoms with Crippen LogP contribution in [-0.2, 0) is 0 Å². The molecule has 0 amide bonds. The molecule has 0 saturated carbocycles. The molecular weight excluding hydrogens is 172 g/mol. The summed E-state index contributed by atoms with van der Waals surface area (Å²) in [5.74, 6) is 1.03. The van der Waals surface area contributed by atoms with Crippen molar-refractivity contribution in [2.24, 2.45) is 22.6 Å². The van der Waals surface area contributed by atoms with E-state index in [1.807, 2.05) is 6.21 Å². The smallest absolute Gasteiger partial charge is 0.0631 e. The van der Waals surface area contributed by atoms with Crippen LogP contribution in [0.3, 0.4) is 0 Å². The van der Waals surface area contributed by atoms with E-state index in [2.05, 4.69) is 31.8 Å². The van der Waals surface area contributed by atoms with E-state index in [0.717, 1.165) is 12.1 Å². The largest absolute Gasteiger partial charge is 0.402 e. The van der Waals surface area contributed by atoms with Crippen LogP contribution < -0.4 is 5.73 Å². The molecule has 14 heavy (non-hydrogen) atoms. The first-order chi connectivity index (χ1) is 6.61. The number of aliphatic imine (C=N–C) groups is 1. The maximum absolute atomic E-state index is 6.04. The summed E-state index contributed by atoms with van der Waals surface area (Å²) in [7, 11) is 0. The number of rotatable bonds is 0. The Balaban J connectivity index is 2.43. The quantitative estimate of drug-likeness (QED) is 0.625. The molecule has 0 spiro atoms. The summed E-state index contributed by atoms with van der Waals surface area (Å²) in [6.45, 7) is 6.57. The van der Waals surface area contributed by atoms with Crippen LogP contribution >= 0.6 is 0 Å². The predicted molar refractivity (Wildman–Crippen MR) is 60.2 cm³/mol. The molecule has 0 radical (unpaired) electrons. The summed E-state index contributed by atoms with van der Waals surface area (Å²) in [5.41, 5.74) is 9.84. The van der Waals surface area contributed by atoms with Gasteiger partial charge in [0.15, 0.2) is 0 Å². The van der Waals surface area contributed by atoms with Crippen molar-refractivity contribution in [2.45, 2.75) is 33.2 Å². The molecule has 0 bridgehead atoms. The van der Waals surface area contributed by atoms with Gasteiger partial charge in [0.1, 0.15) is 0 Å². The van der Waals surface area contributed by atoms with Crippen molar-refractivity contribution < 1.29 is 0 Å².